The molecule has 0 unspecified atom stereocenters. The Morgan fingerprint density at radius 3 is 1.81 bits per heavy atom. The summed E-state index contributed by atoms with van der Waals surface area (Å²) in [5.74, 6) is 0. The highest BCUT2D eigenvalue weighted by Crippen LogP contribution is 2.34. The van der Waals surface area contributed by atoms with Gasteiger partial charge in [0.1, 0.15) is 17.7 Å². The van der Waals surface area contributed by atoms with Crippen LogP contribution in [0.25, 0.3) is 11.1 Å². The minimum Gasteiger partial charge on any atom is -0.359 e. The average molecular weight is 358 g/mol. The lowest BCUT2D eigenvalue weighted by molar-refractivity contribution is 0.590. The normalized spacial score (nSPS) is 11.3. The number of hydrogen-bond acceptors (Lipinski definition) is 3. The van der Waals surface area contributed by atoms with Crippen molar-refractivity contribution in [2.75, 3.05) is 5.32 Å². The first-order valence-electron chi connectivity index (χ1n) is 9.08. The molecule has 3 nitrogen and oxygen atoms in total. The number of anilines is 1. The molecule has 0 aliphatic carbocycles. The molecular formula is C24H27N3. The van der Waals surface area contributed by atoms with Gasteiger partial charge in [-0.1, -0.05) is 77.9 Å². The van der Waals surface area contributed by atoms with Crippen LogP contribution in [0.1, 0.15) is 52.7 Å². The van der Waals surface area contributed by atoms with E-state index in [0.717, 1.165) is 16.8 Å². The van der Waals surface area contributed by atoms with Gasteiger partial charge in [0.15, 0.2) is 0 Å². The van der Waals surface area contributed by atoms with Crippen LogP contribution in [-0.4, -0.2) is 0 Å². The van der Waals surface area contributed by atoms with E-state index in [9.17, 15) is 0 Å². The summed E-state index contributed by atoms with van der Waals surface area (Å²) in [5, 5.41) is 21.2. The Kier molecular flexibility index (Phi) is 5.77. The number of allylic oxidation sites excluding steroid dienone is 1. The van der Waals surface area contributed by atoms with E-state index in [2.05, 4.69) is 89.3 Å². The molecule has 0 saturated carbocycles. The van der Waals surface area contributed by atoms with Gasteiger partial charge in [-0.2, -0.15) is 10.5 Å². The van der Waals surface area contributed by atoms with E-state index >= 15 is 0 Å². The highest BCUT2D eigenvalue weighted by Gasteiger charge is 2.17. The third kappa shape index (κ3) is 4.99. The quantitative estimate of drug-likeness (QED) is 0.656. The Morgan fingerprint density at radius 1 is 0.815 bits per heavy atom. The van der Waals surface area contributed by atoms with Gasteiger partial charge in [-0.3, -0.25) is 0 Å². The maximum absolute atomic E-state index is 9.00. The zero-order chi connectivity index (χ0) is 20.2. The van der Waals surface area contributed by atoms with Gasteiger partial charge in [-0.25, -0.2) is 0 Å². The van der Waals surface area contributed by atoms with Crippen LogP contribution >= 0.6 is 0 Å². The van der Waals surface area contributed by atoms with Crippen molar-refractivity contribution in [1.82, 2.24) is 0 Å². The largest absolute Gasteiger partial charge is 0.359 e. The third-order valence-corrected chi connectivity index (χ3v) is 4.56. The molecule has 0 heterocycles. The van der Waals surface area contributed by atoms with Crippen molar-refractivity contribution >= 4 is 5.69 Å². The first-order valence-corrected chi connectivity index (χ1v) is 9.08. The van der Waals surface area contributed by atoms with Crippen LogP contribution in [0.4, 0.5) is 5.69 Å². The molecule has 0 bridgehead atoms. The van der Waals surface area contributed by atoms with Crippen LogP contribution in [0, 0.1) is 22.7 Å². The summed E-state index contributed by atoms with van der Waals surface area (Å²) in [6.07, 6.45) is 1.47. The molecule has 138 valence electrons. The Labute approximate surface area is 163 Å². The minimum atomic E-state index is 0.00204. The highest BCUT2D eigenvalue weighted by molar-refractivity contribution is 5.79. The number of nitrogens with one attached hydrogen (secondary N) is 1. The number of hydrogen-bond donors (Lipinski definition) is 1. The van der Waals surface area contributed by atoms with Gasteiger partial charge in [0.2, 0.25) is 0 Å². The second-order valence-corrected chi connectivity index (χ2v) is 8.76. The molecule has 0 saturated heterocycles. The molecule has 2 aromatic carbocycles. The average Bonchev–Trinajstić information content (AvgIpc) is 2.61. The SMILES string of the molecule is CC(C)(C)c1ccc(-c2ccc(C(C)(C)C)cc2NC=C(C#N)C#N)cc1. The number of nitrogens with zero attached hydrogens (tertiary/aromatic N) is 2. The van der Waals surface area contributed by atoms with Crippen LogP contribution in [0.3, 0.4) is 0 Å². The first-order chi connectivity index (χ1) is 12.6. The standard InChI is InChI=1S/C24H27N3/c1-23(2,3)19-9-7-18(8-10-19)21-12-11-20(24(4,5)6)13-22(21)27-16-17(14-25)15-26/h7-13,16,27H,1-6H3. The zero-order valence-corrected chi connectivity index (χ0v) is 17.0. The Hall–Kier alpha value is -3.04. The van der Waals surface area contributed by atoms with Crippen LogP contribution in [0.2, 0.25) is 0 Å². The molecule has 27 heavy (non-hydrogen) atoms. The molecular weight excluding hydrogens is 330 g/mol. The van der Waals surface area contributed by atoms with Crippen LogP contribution in [0.5, 0.6) is 0 Å². The molecule has 2 rings (SSSR count). The van der Waals surface area contributed by atoms with Gasteiger partial charge in [-0.05, 0) is 33.6 Å². The van der Waals surface area contributed by atoms with Crippen molar-refractivity contribution in [2.24, 2.45) is 0 Å². The monoisotopic (exact) mass is 357 g/mol. The van der Waals surface area contributed by atoms with Crippen LogP contribution < -0.4 is 5.32 Å². The summed E-state index contributed by atoms with van der Waals surface area (Å²) < 4.78 is 0. The molecule has 0 aromatic heterocycles. The van der Waals surface area contributed by atoms with Crippen molar-refractivity contribution in [1.29, 1.82) is 10.5 Å². The summed E-state index contributed by atoms with van der Waals surface area (Å²) >= 11 is 0. The Balaban J connectivity index is 2.53. The second kappa shape index (κ2) is 7.68. The van der Waals surface area contributed by atoms with Crippen molar-refractivity contribution in [3.8, 4) is 23.3 Å². The van der Waals surface area contributed by atoms with Gasteiger partial charge < -0.3 is 5.32 Å². The van der Waals surface area contributed by atoms with E-state index in [-0.39, 0.29) is 16.4 Å². The maximum atomic E-state index is 9.00. The van der Waals surface area contributed by atoms with Gasteiger partial charge >= 0.3 is 0 Å². The fourth-order valence-corrected chi connectivity index (χ4v) is 2.77. The lowest BCUT2D eigenvalue weighted by Crippen LogP contribution is -2.12. The molecule has 0 aliphatic heterocycles. The lowest BCUT2D eigenvalue weighted by atomic mass is 9.84. The van der Waals surface area contributed by atoms with Crippen molar-refractivity contribution < 1.29 is 0 Å². The van der Waals surface area contributed by atoms with E-state index in [1.807, 2.05) is 12.1 Å². The summed E-state index contributed by atoms with van der Waals surface area (Å²) in [5.41, 5.74) is 5.63. The molecule has 0 radical (unpaired) electrons. The van der Waals surface area contributed by atoms with Gasteiger partial charge in [0.05, 0.1) is 0 Å². The third-order valence-electron chi connectivity index (χ3n) is 4.56. The molecule has 0 atom stereocenters. The van der Waals surface area contributed by atoms with E-state index in [0.29, 0.717) is 0 Å². The topological polar surface area (TPSA) is 59.6 Å². The molecule has 0 spiro atoms. The van der Waals surface area contributed by atoms with Crippen LogP contribution in [-0.2, 0) is 10.8 Å². The number of benzene rings is 2. The summed E-state index contributed by atoms with van der Waals surface area (Å²) in [6, 6.07) is 18.7. The van der Waals surface area contributed by atoms with Crippen molar-refractivity contribution in [2.45, 2.75) is 52.4 Å². The van der Waals surface area contributed by atoms with Gasteiger partial charge in [-0.15, -0.1) is 0 Å². The lowest BCUT2D eigenvalue weighted by Gasteiger charge is -2.22. The number of rotatable bonds is 3. The first kappa shape index (κ1) is 20.3. The Bertz CT molecular complexity index is 906. The summed E-state index contributed by atoms with van der Waals surface area (Å²) in [6.45, 7) is 13.1. The van der Waals surface area contributed by atoms with E-state index < -0.39 is 0 Å². The van der Waals surface area contributed by atoms with E-state index in [1.54, 1.807) is 0 Å². The Morgan fingerprint density at radius 2 is 1.33 bits per heavy atom. The van der Waals surface area contributed by atoms with E-state index in [1.165, 1.54) is 17.3 Å². The van der Waals surface area contributed by atoms with Gasteiger partial charge in [0, 0.05) is 17.5 Å². The predicted molar refractivity (Wildman–Crippen MR) is 112 cm³/mol. The van der Waals surface area contributed by atoms with Crippen molar-refractivity contribution in [3.05, 3.63) is 65.4 Å². The van der Waals surface area contributed by atoms with Gasteiger partial charge in [0.25, 0.3) is 0 Å². The smallest absolute Gasteiger partial charge is 0.145 e. The minimum absolute atomic E-state index is 0.00204. The van der Waals surface area contributed by atoms with Crippen LogP contribution in [0.15, 0.2) is 54.2 Å². The fraction of sp³-hybridized carbons (Fsp3) is 0.333. The van der Waals surface area contributed by atoms with Crippen molar-refractivity contribution in [3.63, 3.8) is 0 Å². The summed E-state index contributed by atoms with van der Waals surface area (Å²) in [7, 11) is 0. The molecule has 0 aliphatic rings. The maximum Gasteiger partial charge on any atom is 0.145 e. The zero-order valence-electron chi connectivity index (χ0n) is 17.0. The van der Waals surface area contributed by atoms with E-state index in [4.69, 9.17) is 10.5 Å². The predicted octanol–water partition coefficient (Wildman–Crippen LogP) is 6.29. The second-order valence-electron chi connectivity index (χ2n) is 8.76. The molecule has 0 fully saturated rings. The number of nitriles is 2. The highest BCUT2D eigenvalue weighted by atomic mass is 14.8. The fourth-order valence-electron chi connectivity index (χ4n) is 2.77. The molecule has 3 heteroatoms. The molecule has 1 N–H and O–H groups in total. The molecule has 2 aromatic rings. The molecule has 0 amide bonds. The summed E-state index contributed by atoms with van der Waals surface area (Å²) in [4.78, 5) is 0.